The van der Waals surface area contributed by atoms with Crippen molar-refractivity contribution in [3.05, 3.63) is 35.9 Å². The van der Waals surface area contributed by atoms with Gasteiger partial charge in [-0.2, -0.15) is 0 Å². The highest BCUT2D eigenvalue weighted by atomic mass is 16.4. The van der Waals surface area contributed by atoms with E-state index in [1.54, 1.807) is 0 Å². The predicted octanol–water partition coefficient (Wildman–Crippen LogP) is 2.71. The molecule has 0 aliphatic carbocycles. The van der Waals surface area contributed by atoms with Gasteiger partial charge in [0.05, 0.1) is 0 Å². The Balaban J connectivity index is 2.04. The molecule has 0 amide bonds. The predicted molar refractivity (Wildman–Crippen MR) is 73.7 cm³/mol. The van der Waals surface area contributed by atoms with Crippen LogP contribution in [0, 0.1) is 5.92 Å². The van der Waals surface area contributed by atoms with Gasteiger partial charge in [0, 0.05) is 6.42 Å². The number of aliphatic carboxylic acids is 1. The van der Waals surface area contributed by atoms with Crippen LogP contribution in [0.1, 0.15) is 31.7 Å². The second kappa shape index (κ2) is 8.70. The fourth-order valence-electron chi connectivity index (χ4n) is 1.87. The second-order valence-electron chi connectivity index (χ2n) is 4.83. The summed E-state index contributed by atoms with van der Waals surface area (Å²) in [5, 5.41) is 11.8. The monoisotopic (exact) mass is 249 g/mol. The maximum Gasteiger partial charge on any atom is 0.303 e. The largest absolute Gasteiger partial charge is 0.481 e. The summed E-state index contributed by atoms with van der Waals surface area (Å²) in [7, 11) is 0. The van der Waals surface area contributed by atoms with Gasteiger partial charge in [0.1, 0.15) is 0 Å². The van der Waals surface area contributed by atoms with Crippen LogP contribution in [0.2, 0.25) is 0 Å². The zero-order valence-corrected chi connectivity index (χ0v) is 11.1. The van der Waals surface area contributed by atoms with Crippen molar-refractivity contribution in [1.82, 2.24) is 5.32 Å². The van der Waals surface area contributed by atoms with E-state index in [2.05, 4.69) is 36.5 Å². The summed E-state index contributed by atoms with van der Waals surface area (Å²) in [6.07, 6.45) is 3.24. The number of hydrogen-bond donors (Lipinski definition) is 2. The van der Waals surface area contributed by atoms with Gasteiger partial charge in [-0.05, 0) is 43.8 Å². The summed E-state index contributed by atoms with van der Waals surface area (Å²) in [4.78, 5) is 10.3. The molecule has 18 heavy (non-hydrogen) atoms. The molecular formula is C15H23NO2. The molecule has 1 aromatic carbocycles. The summed E-state index contributed by atoms with van der Waals surface area (Å²) in [5.41, 5.74) is 1.38. The Hall–Kier alpha value is -1.35. The smallest absolute Gasteiger partial charge is 0.303 e. The van der Waals surface area contributed by atoms with Crippen LogP contribution in [0.4, 0.5) is 0 Å². The van der Waals surface area contributed by atoms with E-state index in [1.165, 1.54) is 5.56 Å². The standard InChI is InChI=1S/C15H23NO2/c1-13(12-16-11-5-8-15(17)18)9-10-14-6-3-2-4-7-14/h2-4,6-7,13,16H,5,8-12H2,1H3,(H,17,18). The third kappa shape index (κ3) is 7.07. The molecule has 0 radical (unpaired) electrons. The SMILES string of the molecule is CC(CCc1ccccc1)CNCCCC(=O)O. The van der Waals surface area contributed by atoms with Gasteiger partial charge in [0.25, 0.3) is 0 Å². The molecule has 0 bridgehead atoms. The van der Waals surface area contributed by atoms with Gasteiger partial charge in [-0.15, -0.1) is 0 Å². The molecular weight excluding hydrogens is 226 g/mol. The van der Waals surface area contributed by atoms with E-state index < -0.39 is 5.97 Å². The van der Waals surface area contributed by atoms with E-state index in [4.69, 9.17) is 5.11 Å². The molecule has 0 saturated carbocycles. The molecule has 1 rings (SSSR count). The molecule has 0 fully saturated rings. The summed E-state index contributed by atoms with van der Waals surface area (Å²) in [6.45, 7) is 3.99. The highest BCUT2D eigenvalue weighted by Crippen LogP contribution is 2.08. The maximum atomic E-state index is 10.3. The van der Waals surface area contributed by atoms with Crippen molar-refractivity contribution in [3.8, 4) is 0 Å². The minimum Gasteiger partial charge on any atom is -0.481 e. The Labute approximate surface area is 109 Å². The van der Waals surface area contributed by atoms with Crippen LogP contribution in [0.5, 0.6) is 0 Å². The van der Waals surface area contributed by atoms with E-state index >= 15 is 0 Å². The maximum absolute atomic E-state index is 10.3. The van der Waals surface area contributed by atoms with Crippen LogP contribution in [0.15, 0.2) is 30.3 Å². The Bertz CT molecular complexity index is 338. The van der Waals surface area contributed by atoms with Crippen molar-refractivity contribution >= 4 is 5.97 Å². The normalized spacial score (nSPS) is 12.3. The van der Waals surface area contributed by atoms with Crippen LogP contribution in [0.25, 0.3) is 0 Å². The Morgan fingerprint density at radius 2 is 2.06 bits per heavy atom. The summed E-state index contributed by atoms with van der Waals surface area (Å²) in [5.74, 6) is -0.0936. The van der Waals surface area contributed by atoms with E-state index in [0.717, 1.165) is 25.9 Å². The zero-order chi connectivity index (χ0) is 13.2. The lowest BCUT2D eigenvalue weighted by atomic mass is 10.0. The van der Waals surface area contributed by atoms with Gasteiger partial charge in [-0.3, -0.25) is 4.79 Å². The fraction of sp³-hybridized carbons (Fsp3) is 0.533. The van der Waals surface area contributed by atoms with Crippen molar-refractivity contribution in [1.29, 1.82) is 0 Å². The lowest BCUT2D eigenvalue weighted by Gasteiger charge is -2.12. The molecule has 0 aliphatic rings. The lowest BCUT2D eigenvalue weighted by Crippen LogP contribution is -2.23. The first-order chi connectivity index (χ1) is 8.68. The van der Waals surface area contributed by atoms with Gasteiger partial charge >= 0.3 is 5.97 Å². The number of rotatable bonds is 9. The lowest BCUT2D eigenvalue weighted by molar-refractivity contribution is -0.137. The number of nitrogens with one attached hydrogen (secondary N) is 1. The van der Waals surface area contributed by atoms with Gasteiger partial charge in [0.15, 0.2) is 0 Å². The van der Waals surface area contributed by atoms with Crippen LogP contribution >= 0.6 is 0 Å². The van der Waals surface area contributed by atoms with Crippen molar-refractivity contribution in [2.24, 2.45) is 5.92 Å². The van der Waals surface area contributed by atoms with E-state index in [-0.39, 0.29) is 6.42 Å². The number of carboxylic acids is 1. The zero-order valence-electron chi connectivity index (χ0n) is 11.1. The Kier molecular flexibility index (Phi) is 7.11. The number of aryl methyl sites for hydroxylation is 1. The fourth-order valence-corrected chi connectivity index (χ4v) is 1.87. The molecule has 1 unspecified atom stereocenters. The molecule has 0 spiro atoms. The average Bonchev–Trinajstić information content (AvgIpc) is 2.37. The summed E-state index contributed by atoms with van der Waals surface area (Å²) >= 11 is 0. The number of carboxylic acid groups (broad SMARTS) is 1. The van der Waals surface area contributed by atoms with Crippen molar-refractivity contribution in [2.45, 2.75) is 32.6 Å². The molecule has 1 aromatic rings. The third-order valence-corrected chi connectivity index (χ3v) is 3.01. The first-order valence-electron chi connectivity index (χ1n) is 6.65. The van der Waals surface area contributed by atoms with Crippen LogP contribution in [-0.2, 0) is 11.2 Å². The minimum absolute atomic E-state index is 0.255. The van der Waals surface area contributed by atoms with E-state index in [9.17, 15) is 4.79 Å². The van der Waals surface area contributed by atoms with Crippen molar-refractivity contribution in [2.75, 3.05) is 13.1 Å². The Morgan fingerprint density at radius 1 is 1.33 bits per heavy atom. The van der Waals surface area contributed by atoms with E-state index in [0.29, 0.717) is 12.3 Å². The topological polar surface area (TPSA) is 49.3 Å². The molecule has 1 atom stereocenters. The van der Waals surface area contributed by atoms with Gasteiger partial charge in [-0.25, -0.2) is 0 Å². The number of hydrogen-bond acceptors (Lipinski definition) is 2. The molecule has 3 heteroatoms. The molecule has 100 valence electrons. The molecule has 0 aromatic heterocycles. The first-order valence-corrected chi connectivity index (χ1v) is 6.65. The average molecular weight is 249 g/mol. The van der Waals surface area contributed by atoms with Gasteiger partial charge < -0.3 is 10.4 Å². The minimum atomic E-state index is -0.714. The van der Waals surface area contributed by atoms with E-state index in [1.807, 2.05) is 6.07 Å². The van der Waals surface area contributed by atoms with Crippen LogP contribution in [0.3, 0.4) is 0 Å². The van der Waals surface area contributed by atoms with Crippen LogP contribution in [-0.4, -0.2) is 24.2 Å². The summed E-state index contributed by atoms with van der Waals surface area (Å²) in [6, 6.07) is 10.5. The first kappa shape index (κ1) is 14.7. The molecule has 2 N–H and O–H groups in total. The molecule has 3 nitrogen and oxygen atoms in total. The highest BCUT2D eigenvalue weighted by Gasteiger charge is 2.02. The molecule has 0 heterocycles. The second-order valence-corrected chi connectivity index (χ2v) is 4.83. The third-order valence-electron chi connectivity index (χ3n) is 3.01. The van der Waals surface area contributed by atoms with Crippen LogP contribution < -0.4 is 5.32 Å². The number of benzene rings is 1. The molecule has 0 saturated heterocycles. The summed E-state index contributed by atoms with van der Waals surface area (Å²) < 4.78 is 0. The quantitative estimate of drug-likeness (QED) is 0.662. The molecule has 0 aliphatic heterocycles. The highest BCUT2D eigenvalue weighted by molar-refractivity contribution is 5.66. The van der Waals surface area contributed by atoms with Crippen molar-refractivity contribution < 1.29 is 9.90 Å². The number of carbonyl (C=O) groups is 1. The van der Waals surface area contributed by atoms with Gasteiger partial charge in [0.2, 0.25) is 0 Å². The van der Waals surface area contributed by atoms with Crippen molar-refractivity contribution in [3.63, 3.8) is 0 Å². The van der Waals surface area contributed by atoms with Gasteiger partial charge in [-0.1, -0.05) is 37.3 Å². The Morgan fingerprint density at radius 3 is 2.72 bits per heavy atom.